The van der Waals surface area contributed by atoms with Crippen LogP contribution in [-0.4, -0.2) is 15.4 Å². The van der Waals surface area contributed by atoms with Gasteiger partial charge in [0.25, 0.3) is 0 Å². The Bertz CT molecular complexity index is 830. The third kappa shape index (κ3) is 2.74. The van der Waals surface area contributed by atoms with Gasteiger partial charge in [-0.3, -0.25) is 4.40 Å². The van der Waals surface area contributed by atoms with Gasteiger partial charge in [-0.15, -0.1) is 11.3 Å². The number of aryl methyl sites for hydroxylation is 1. The molecule has 2 aromatic heterocycles. The molecule has 0 aliphatic heterocycles. The van der Waals surface area contributed by atoms with Crippen LogP contribution in [0.25, 0.3) is 16.2 Å². The maximum absolute atomic E-state index is 6.43. The molecular weight excluding hydrogens is 326 g/mol. The second-order valence-electron chi connectivity index (χ2n) is 6.26. The van der Waals surface area contributed by atoms with Gasteiger partial charge in [0.1, 0.15) is 11.5 Å². The SMILES string of the molecule is Cc1csc2nc(-c3ccccc3Cl)c(NC3CCCCC3)n12. The van der Waals surface area contributed by atoms with Gasteiger partial charge >= 0.3 is 0 Å². The fraction of sp³-hybridized carbons (Fsp3) is 0.389. The number of hydrogen-bond donors (Lipinski definition) is 1. The van der Waals surface area contributed by atoms with Gasteiger partial charge in [0.05, 0.1) is 5.02 Å². The van der Waals surface area contributed by atoms with Crippen LogP contribution in [0.3, 0.4) is 0 Å². The molecule has 4 rings (SSSR count). The summed E-state index contributed by atoms with van der Waals surface area (Å²) in [6.45, 7) is 2.13. The Balaban J connectivity index is 1.83. The first-order valence-electron chi connectivity index (χ1n) is 8.22. The van der Waals surface area contributed by atoms with Gasteiger partial charge in [-0.1, -0.05) is 49.1 Å². The van der Waals surface area contributed by atoms with E-state index in [1.165, 1.54) is 37.8 Å². The highest BCUT2D eigenvalue weighted by atomic mass is 35.5. The summed E-state index contributed by atoms with van der Waals surface area (Å²) in [7, 11) is 0. The summed E-state index contributed by atoms with van der Waals surface area (Å²) in [4.78, 5) is 5.89. The number of nitrogens with zero attached hydrogens (tertiary/aromatic N) is 2. The monoisotopic (exact) mass is 345 g/mol. The van der Waals surface area contributed by atoms with Crippen LogP contribution in [0.2, 0.25) is 5.02 Å². The highest BCUT2D eigenvalue weighted by Crippen LogP contribution is 2.37. The average molecular weight is 346 g/mol. The largest absolute Gasteiger partial charge is 0.367 e. The Hall–Kier alpha value is -1.52. The number of rotatable bonds is 3. The smallest absolute Gasteiger partial charge is 0.196 e. The fourth-order valence-corrected chi connectivity index (χ4v) is 4.50. The summed E-state index contributed by atoms with van der Waals surface area (Å²) in [5.74, 6) is 1.10. The minimum Gasteiger partial charge on any atom is -0.367 e. The van der Waals surface area contributed by atoms with E-state index < -0.39 is 0 Å². The van der Waals surface area contributed by atoms with E-state index in [1.807, 2.05) is 18.2 Å². The van der Waals surface area contributed by atoms with E-state index >= 15 is 0 Å². The molecule has 0 bridgehead atoms. The van der Waals surface area contributed by atoms with Crippen molar-refractivity contribution in [2.24, 2.45) is 0 Å². The molecule has 2 heterocycles. The fourth-order valence-electron chi connectivity index (χ4n) is 3.41. The number of anilines is 1. The molecule has 1 fully saturated rings. The number of fused-ring (bicyclic) bond motifs is 1. The van der Waals surface area contributed by atoms with Gasteiger partial charge in [0.15, 0.2) is 4.96 Å². The molecule has 1 saturated carbocycles. The maximum atomic E-state index is 6.43. The second-order valence-corrected chi connectivity index (χ2v) is 7.51. The number of halogens is 1. The molecule has 0 saturated heterocycles. The third-order valence-corrected chi connectivity index (χ3v) is 5.88. The number of benzene rings is 1. The van der Waals surface area contributed by atoms with Crippen molar-refractivity contribution in [2.75, 3.05) is 5.32 Å². The molecule has 1 N–H and O–H groups in total. The Morgan fingerprint density at radius 1 is 1.22 bits per heavy atom. The molecule has 0 amide bonds. The number of nitrogens with one attached hydrogen (secondary N) is 1. The predicted molar refractivity (Wildman–Crippen MR) is 98.7 cm³/mol. The van der Waals surface area contributed by atoms with Crippen LogP contribution in [0.1, 0.15) is 37.8 Å². The van der Waals surface area contributed by atoms with Gasteiger partial charge < -0.3 is 5.32 Å². The zero-order valence-corrected chi connectivity index (χ0v) is 14.8. The second kappa shape index (κ2) is 6.17. The van der Waals surface area contributed by atoms with Crippen LogP contribution in [0.4, 0.5) is 5.82 Å². The van der Waals surface area contributed by atoms with E-state index in [1.54, 1.807) is 11.3 Å². The molecule has 23 heavy (non-hydrogen) atoms. The summed E-state index contributed by atoms with van der Waals surface area (Å²) in [6, 6.07) is 8.50. The third-order valence-electron chi connectivity index (χ3n) is 4.61. The minimum atomic E-state index is 0.532. The van der Waals surface area contributed by atoms with Crippen LogP contribution in [0, 0.1) is 6.92 Å². The van der Waals surface area contributed by atoms with Crippen LogP contribution in [0.5, 0.6) is 0 Å². The molecular formula is C18H20ClN3S. The normalized spacial score (nSPS) is 16.1. The molecule has 3 nitrogen and oxygen atoms in total. The van der Waals surface area contributed by atoms with Crippen molar-refractivity contribution in [1.29, 1.82) is 0 Å². The summed E-state index contributed by atoms with van der Waals surface area (Å²) in [5, 5.41) is 6.68. The van der Waals surface area contributed by atoms with Gasteiger partial charge in [-0.2, -0.15) is 0 Å². The Kier molecular flexibility index (Phi) is 4.04. The van der Waals surface area contributed by atoms with Crippen molar-refractivity contribution in [1.82, 2.24) is 9.38 Å². The van der Waals surface area contributed by atoms with E-state index in [0.717, 1.165) is 27.1 Å². The molecule has 1 aliphatic rings. The topological polar surface area (TPSA) is 29.3 Å². The lowest BCUT2D eigenvalue weighted by Crippen LogP contribution is -2.23. The lowest BCUT2D eigenvalue weighted by Gasteiger charge is -2.24. The predicted octanol–water partition coefficient (Wildman–Crippen LogP) is 5.77. The Morgan fingerprint density at radius 2 is 2.00 bits per heavy atom. The zero-order chi connectivity index (χ0) is 15.8. The molecule has 0 atom stereocenters. The van der Waals surface area contributed by atoms with Crippen molar-refractivity contribution in [3.63, 3.8) is 0 Å². The van der Waals surface area contributed by atoms with Crippen molar-refractivity contribution in [3.05, 3.63) is 40.4 Å². The van der Waals surface area contributed by atoms with Crippen molar-refractivity contribution in [3.8, 4) is 11.3 Å². The first-order chi connectivity index (χ1) is 11.2. The minimum absolute atomic E-state index is 0.532. The van der Waals surface area contributed by atoms with Crippen molar-refractivity contribution >= 4 is 33.7 Å². The molecule has 0 radical (unpaired) electrons. The van der Waals surface area contributed by atoms with E-state index in [4.69, 9.17) is 16.6 Å². The first-order valence-corrected chi connectivity index (χ1v) is 9.48. The summed E-state index contributed by atoms with van der Waals surface area (Å²) in [6.07, 6.45) is 6.44. The quantitative estimate of drug-likeness (QED) is 0.653. The molecule has 1 aliphatic carbocycles. The van der Waals surface area contributed by atoms with E-state index in [-0.39, 0.29) is 0 Å². The van der Waals surface area contributed by atoms with E-state index in [2.05, 4.69) is 28.1 Å². The molecule has 1 aromatic carbocycles. The lowest BCUT2D eigenvalue weighted by atomic mass is 9.95. The number of thiazole rings is 1. The standard InChI is InChI=1S/C18H20ClN3S/c1-12-11-23-18-21-16(14-9-5-6-10-15(14)19)17(22(12)18)20-13-7-3-2-4-8-13/h5-6,9-11,13,20H,2-4,7-8H2,1H3. The van der Waals surface area contributed by atoms with E-state index in [0.29, 0.717) is 6.04 Å². The van der Waals surface area contributed by atoms with Gasteiger partial charge in [0, 0.05) is 22.7 Å². The van der Waals surface area contributed by atoms with Crippen molar-refractivity contribution < 1.29 is 0 Å². The molecule has 0 spiro atoms. The lowest BCUT2D eigenvalue weighted by molar-refractivity contribution is 0.461. The maximum Gasteiger partial charge on any atom is 0.196 e. The number of hydrogen-bond acceptors (Lipinski definition) is 3. The van der Waals surface area contributed by atoms with Gasteiger partial charge in [-0.05, 0) is 25.8 Å². The molecule has 120 valence electrons. The van der Waals surface area contributed by atoms with Gasteiger partial charge in [-0.25, -0.2) is 4.98 Å². The van der Waals surface area contributed by atoms with Crippen LogP contribution in [0.15, 0.2) is 29.6 Å². The first kappa shape index (κ1) is 15.0. The van der Waals surface area contributed by atoms with Gasteiger partial charge in [0.2, 0.25) is 0 Å². The number of aromatic nitrogens is 2. The summed E-state index contributed by atoms with van der Waals surface area (Å²) in [5.41, 5.74) is 3.19. The summed E-state index contributed by atoms with van der Waals surface area (Å²) < 4.78 is 2.23. The molecule has 3 aromatic rings. The highest BCUT2D eigenvalue weighted by Gasteiger charge is 2.22. The van der Waals surface area contributed by atoms with Crippen LogP contribution >= 0.6 is 22.9 Å². The Labute approximate surface area is 145 Å². The van der Waals surface area contributed by atoms with Crippen molar-refractivity contribution in [2.45, 2.75) is 45.1 Å². The number of imidazole rings is 1. The average Bonchev–Trinajstić information content (AvgIpc) is 3.10. The Morgan fingerprint density at radius 3 is 2.78 bits per heavy atom. The molecule has 0 unspecified atom stereocenters. The van der Waals surface area contributed by atoms with Crippen LogP contribution in [-0.2, 0) is 0 Å². The molecule has 5 heteroatoms. The zero-order valence-electron chi connectivity index (χ0n) is 13.2. The summed E-state index contributed by atoms with van der Waals surface area (Å²) >= 11 is 8.11. The van der Waals surface area contributed by atoms with E-state index in [9.17, 15) is 0 Å². The highest BCUT2D eigenvalue weighted by molar-refractivity contribution is 7.15. The van der Waals surface area contributed by atoms with Crippen LogP contribution < -0.4 is 5.32 Å².